The highest BCUT2D eigenvalue weighted by Gasteiger charge is 2.17. The highest BCUT2D eigenvalue weighted by Crippen LogP contribution is 2.13. The predicted octanol–water partition coefficient (Wildman–Crippen LogP) is 18.8. The molecule has 5 heteroatoms. The van der Waals surface area contributed by atoms with Gasteiger partial charge in [-0.25, -0.2) is 0 Å². The lowest BCUT2D eigenvalue weighted by Crippen LogP contribution is -2.30. The molecule has 0 aliphatic heterocycles. The molecule has 0 radical (unpaired) electrons. The van der Waals surface area contributed by atoms with Crippen LogP contribution < -0.4 is 0 Å². The number of allylic oxidation sites excluding steroid dienone is 18. The molecule has 0 aromatic carbocycles. The third-order valence-electron chi connectivity index (χ3n) is 11.3. The number of ether oxygens (including phenoxy) is 3. The maximum absolute atomic E-state index is 12.8. The van der Waals surface area contributed by atoms with Crippen LogP contribution in [0.25, 0.3) is 0 Å². The third kappa shape index (κ3) is 53.2. The fraction of sp³-hybridized carbons (Fsp3) is 0.672. The molecule has 1 atom stereocenters. The lowest BCUT2D eigenvalue weighted by atomic mass is 10.1. The van der Waals surface area contributed by atoms with Crippen molar-refractivity contribution in [2.45, 2.75) is 245 Å². The molecule has 0 rings (SSSR count). The highest BCUT2D eigenvalue weighted by molar-refractivity contribution is 5.70. The summed E-state index contributed by atoms with van der Waals surface area (Å²) in [6, 6.07) is 0. The van der Waals surface area contributed by atoms with Gasteiger partial charge in [-0.05, 0) is 122 Å². The molecule has 5 nitrogen and oxygen atoms in total. The van der Waals surface area contributed by atoms with Crippen LogP contribution in [0.4, 0.5) is 0 Å². The van der Waals surface area contributed by atoms with Gasteiger partial charge in [-0.3, -0.25) is 9.59 Å². The molecule has 0 bridgehead atoms. The smallest absolute Gasteiger partial charge is 0.306 e. The van der Waals surface area contributed by atoms with Crippen LogP contribution in [-0.4, -0.2) is 37.9 Å². The standard InChI is InChI=1S/C61H102O5/c1-4-7-10-13-16-19-22-25-28-31-33-36-39-42-45-48-51-54-60(62)65-58-59(57-64-56-53-50-47-44-41-38-35-30-27-24-21-18-15-12-9-6-3)66-61(63)55-52-49-46-43-40-37-34-32-29-26-23-20-17-14-11-8-5-2/h7-8,10-11,16-17,19-20,25-30,33-34,36-37,59H,4-6,9,12-15,18,21-24,31-32,35,38-58H2,1-3H3/b10-7-,11-8-,19-16-,20-17-,28-25-,29-26-,30-27-,36-33-,37-34-. The van der Waals surface area contributed by atoms with Crippen molar-refractivity contribution < 1.29 is 23.8 Å². The van der Waals surface area contributed by atoms with Crippen molar-refractivity contribution in [3.63, 3.8) is 0 Å². The van der Waals surface area contributed by atoms with Crippen molar-refractivity contribution >= 4 is 11.9 Å². The van der Waals surface area contributed by atoms with Crippen LogP contribution in [0, 0.1) is 0 Å². The molecule has 0 fully saturated rings. The average Bonchev–Trinajstić information content (AvgIpc) is 3.32. The largest absolute Gasteiger partial charge is 0.462 e. The Labute approximate surface area is 408 Å². The minimum Gasteiger partial charge on any atom is -0.462 e. The number of rotatable bonds is 49. The molecule has 0 aliphatic rings. The third-order valence-corrected chi connectivity index (χ3v) is 11.3. The molecular formula is C61H102O5. The van der Waals surface area contributed by atoms with E-state index in [-0.39, 0.29) is 25.2 Å². The topological polar surface area (TPSA) is 61.8 Å². The molecule has 0 saturated heterocycles. The van der Waals surface area contributed by atoms with Crippen LogP contribution >= 0.6 is 0 Å². The summed E-state index contributed by atoms with van der Waals surface area (Å²) in [5.74, 6) is -0.458. The number of unbranched alkanes of at least 4 members (excludes halogenated alkanes) is 20. The van der Waals surface area contributed by atoms with Crippen molar-refractivity contribution in [2.75, 3.05) is 19.8 Å². The van der Waals surface area contributed by atoms with Crippen molar-refractivity contribution in [3.8, 4) is 0 Å². The first-order chi connectivity index (χ1) is 32.6. The molecule has 1 unspecified atom stereocenters. The summed E-state index contributed by atoms with van der Waals surface area (Å²) >= 11 is 0. The van der Waals surface area contributed by atoms with E-state index in [0.29, 0.717) is 19.4 Å². The highest BCUT2D eigenvalue weighted by atomic mass is 16.6. The van der Waals surface area contributed by atoms with Crippen molar-refractivity contribution in [2.24, 2.45) is 0 Å². The second-order valence-corrected chi connectivity index (χ2v) is 17.7. The number of esters is 2. The summed E-state index contributed by atoms with van der Waals surface area (Å²) in [7, 11) is 0. The van der Waals surface area contributed by atoms with E-state index in [2.05, 4.69) is 130 Å². The Kier molecular flexibility index (Phi) is 53.0. The first-order valence-electron chi connectivity index (χ1n) is 27.4. The van der Waals surface area contributed by atoms with Crippen LogP contribution in [0.5, 0.6) is 0 Å². The zero-order valence-electron chi connectivity index (χ0n) is 43.2. The lowest BCUT2D eigenvalue weighted by molar-refractivity contribution is -0.163. The van der Waals surface area contributed by atoms with E-state index < -0.39 is 6.10 Å². The van der Waals surface area contributed by atoms with Gasteiger partial charge in [-0.15, -0.1) is 0 Å². The van der Waals surface area contributed by atoms with Gasteiger partial charge in [0, 0.05) is 19.4 Å². The van der Waals surface area contributed by atoms with E-state index >= 15 is 0 Å². The predicted molar refractivity (Wildman–Crippen MR) is 288 cm³/mol. The van der Waals surface area contributed by atoms with Crippen LogP contribution in [0.1, 0.15) is 239 Å². The van der Waals surface area contributed by atoms with E-state index in [0.717, 1.165) is 128 Å². The van der Waals surface area contributed by atoms with Crippen LogP contribution in [-0.2, 0) is 23.8 Å². The van der Waals surface area contributed by atoms with Crippen molar-refractivity contribution in [3.05, 3.63) is 109 Å². The van der Waals surface area contributed by atoms with Gasteiger partial charge in [0.05, 0.1) is 6.61 Å². The van der Waals surface area contributed by atoms with Crippen LogP contribution in [0.15, 0.2) is 109 Å². The van der Waals surface area contributed by atoms with Gasteiger partial charge in [0.1, 0.15) is 6.61 Å². The first-order valence-corrected chi connectivity index (χ1v) is 27.4. The Morgan fingerprint density at radius 2 is 0.682 bits per heavy atom. The zero-order valence-corrected chi connectivity index (χ0v) is 43.2. The Hall–Kier alpha value is -3.44. The molecule has 0 amide bonds. The Morgan fingerprint density at radius 3 is 1.11 bits per heavy atom. The van der Waals surface area contributed by atoms with Crippen LogP contribution in [0.2, 0.25) is 0 Å². The zero-order chi connectivity index (χ0) is 47.7. The number of carbonyl (C=O) groups is 2. The monoisotopic (exact) mass is 915 g/mol. The number of carbonyl (C=O) groups excluding carboxylic acids is 2. The molecule has 0 spiro atoms. The second kappa shape index (κ2) is 55.9. The first kappa shape index (κ1) is 62.6. The second-order valence-electron chi connectivity index (χ2n) is 17.7. The minimum atomic E-state index is -0.570. The molecule has 0 saturated carbocycles. The molecule has 0 aliphatic carbocycles. The Bertz CT molecular complexity index is 1310. The van der Waals surface area contributed by atoms with Gasteiger partial charge < -0.3 is 14.2 Å². The fourth-order valence-electron chi connectivity index (χ4n) is 7.25. The maximum atomic E-state index is 12.8. The van der Waals surface area contributed by atoms with E-state index in [9.17, 15) is 9.59 Å². The summed E-state index contributed by atoms with van der Waals surface area (Å²) in [5.41, 5.74) is 0. The van der Waals surface area contributed by atoms with Crippen molar-refractivity contribution in [1.82, 2.24) is 0 Å². The quantitative estimate of drug-likeness (QED) is 0.0346. The molecule has 66 heavy (non-hydrogen) atoms. The molecule has 0 aromatic rings. The lowest BCUT2D eigenvalue weighted by Gasteiger charge is -2.18. The summed E-state index contributed by atoms with van der Waals surface area (Å²) in [6.45, 7) is 7.53. The summed E-state index contributed by atoms with van der Waals surface area (Å²) in [4.78, 5) is 25.5. The van der Waals surface area contributed by atoms with Gasteiger partial charge in [0.25, 0.3) is 0 Å². The van der Waals surface area contributed by atoms with Gasteiger partial charge in [-0.1, -0.05) is 214 Å². The van der Waals surface area contributed by atoms with Gasteiger partial charge >= 0.3 is 11.9 Å². The number of hydrogen-bond donors (Lipinski definition) is 0. The molecule has 0 N–H and O–H groups in total. The normalized spacial score (nSPS) is 13.1. The van der Waals surface area contributed by atoms with E-state index in [1.807, 2.05) is 0 Å². The summed E-state index contributed by atoms with van der Waals surface area (Å²) in [5, 5.41) is 0. The van der Waals surface area contributed by atoms with Gasteiger partial charge in [0.15, 0.2) is 6.10 Å². The Balaban J connectivity index is 4.40. The van der Waals surface area contributed by atoms with E-state index in [1.54, 1.807) is 0 Å². The van der Waals surface area contributed by atoms with Gasteiger partial charge in [0.2, 0.25) is 0 Å². The van der Waals surface area contributed by atoms with E-state index in [1.165, 1.54) is 77.0 Å². The maximum Gasteiger partial charge on any atom is 0.306 e. The molecule has 376 valence electrons. The average molecular weight is 915 g/mol. The van der Waals surface area contributed by atoms with E-state index in [4.69, 9.17) is 14.2 Å². The minimum absolute atomic E-state index is 0.0542. The molecule has 0 aromatic heterocycles. The van der Waals surface area contributed by atoms with Crippen LogP contribution in [0.3, 0.4) is 0 Å². The molecule has 0 heterocycles. The van der Waals surface area contributed by atoms with Gasteiger partial charge in [-0.2, -0.15) is 0 Å². The molecular weight excluding hydrogens is 813 g/mol. The summed E-state index contributed by atoms with van der Waals surface area (Å²) in [6.07, 6.45) is 76.7. The summed E-state index contributed by atoms with van der Waals surface area (Å²) < 4.78 is 17.4. The van der Waals surface area contributed by atoms with Crippen molar-refractivity contribution in [1.29, 1.82) is 0 Å². The fourth-order valence-corrected chi connectivity index (χ4v) is 7.25. The number of hydrogen-bond acceptors (Lipinski definition) is 5. The SMILES string of the molecule is CC/C=C\C/C=C\C/C=C\C/C=C\CCCCCCC(=O)OCC(COCCCCCCCC/C=C\CCCCCCCC)OC(=O)CCCCCC/C=C\C/C=C\C/C=C\C/C=C\CC. The Morgan fingerprint density at radius 1 is 0.348 bits per heavy atom.